The van der Waals surface area contributed by atoms with E-state index in [2.05, 4.69) is 39.9 Å². The number of amides is 1. The molecule has 0 unspecified atom stereocenters. The van der Waals surface area contributed by atoms with Crippen molar-refractivity contribution in [2.24, 2.45) is 5.92 Å². The summed E-state index contributed by atoms with van der Waals surface area (Å²) in [4.78, 5) is 13.2. The Morgan fingerprint density at radius 2 is 1.69 bits per heavy atom. The largest absolute Gasteiger partial charge is 0.373 e. The Hall–Kier alpha value is -2.99. The fraction of sp³-hybridized carbons (Fsp3) is 0.348. The molecule has 0 fully saturated rings. The molecule has 0 spiro atoms. The lowest BCUT2D eigenvalue weighted by Crippen LogP contribution is -2.43. The number of benzene rings is 2. The molecule has 2 heterocycles. The maximum atomic E-state index is 13.2. The van der Waals surface area contributed by atoms with E-state index in [0.717, 1.165) is 17.7 Å². The van der Waals surface area contributed by atoms with Gasteiger partial charge in [-0.15, -0.1) is 5.10 Å². The van der Waals surface area contributed by atoms with Gasteiger partial charge in [0.15, 0.2) is 0 Å². The van der Waals surface area contributed by atoms with Crippen LogP contribution in [0.3, 0.4) is 0 Å². The van der Waals surface area contributed by atoms with Crippen molar-refractivity contribution in [2.45, 2.75) is 38.5 Å². The molecule has 29 heavy (non-hydrogen) atoms. The molecule has 1 aromatic heterocycles. The summed E-state index contributed by atoms with van der Waals surface area (Å²) in [6, 6.07) is 20.3. The van der Waals surface area contributed by atoms with Gasteiger partial charge >= 0.3 is 0 Å². The molecule has 1 N–H and O–H groups in total. The smallest absolute Gasteiger partial charge is 0.223 e. The van der Waals surface area contributed by atoms with Crippen molar-refractivity contribution < 1.29 is 9.53 Å². The standard InChI is InChI=1S/C23H26N4O2/c28-23-20(13-18-7-3-1-4-8-18)11-12-27-15-22(25-26-27)17-29-16-21(24-23)14-19-9-5-2-6-10-19/h1-10,15,20-21H,11-14,16-17H2,(H,24,28)/t20-,21+/m1/s1. The molecular weight excluding hydrogens is 364 g/mol. The molecule has 1 amide bonds. The van der Waals surface area contributed by atoms with Gasteiger partial charge in [0.1, 0.15) is 5.69 Å². The van der Waals surface area contributed by atoms with Gasteiger partial charge in [0.25, 0.3) is 0 Å². The van der Waals surface area contributed by atoms with Crippen LogP contribution in [0.2, 0.25) is 0 Å². The molecule has 1 aliphatic heterocycles. The second-order valence-electron chi connectivity index (χ2n) is 7.56. The molecule has 2 aromatic carbocycles. The third-order valence-corrected chi connectivity index (χ3v) is 5.23. The van der Waals surface area contributed by atoms with Crippen LogP contribution >= 0.6 is 0 Å². The first-order valence-corrected chi connectivity index (χ1v) is 10.1. The molecule has 0 aliphatic carbocycles. The molecule has 2 atom stereocenters. The first kappa shape index (κ1) is 19.3. The van der Waals surface area contributed by atoms with Crippen LogP contribution in [0.25, 0.3) is 0 Å². The van der Waals surface area contributed by atoms with Crippen LogP contribution in [-0.4, -0.2) is 33.5 Å². The molecule has 6 heteroatoms. The number of aromatic nitrogens is 3. The minimum absolute atomic E-state index is 0.0688. The van der Waals surface area contributed by atoms with Crippen LogP contribution in [0.15, 0.2) is 66.9 Å². The Morgan fingerprint density at radius 1 is 1.00 bits per heavy atom. The lowest BCUT2D eigenvalue weighted by molar-refractivity contribution is -0.126. The quantitative estimate of drug-likeness (QED) is 0.744. The van der Waals surface area contributed by atoms with Crippen molar-refractivity contribution in [1.82, 2.24) is 20.3 Å². The van der Waals surface area contributed by atoms with Crippen molar-refractivity contribution in [3.05, 3.63) is 83.7 Å². The summed E-state index contributed by atoms with van der Waals surface area (Å²) in [7, 11) is 0. The van der Waals surface area contributed by atoms with E-state index in [1.165, 1.54) is 5.56 Å². The van der Waals surface area contributed by atoms with Crippen LogP contribution in [0.5, 0.6) is 0 Å². The molecule has 0 saturated carbocycles. The lowest BCUT2D eigenvalue weighted by atomic mass is 9.94. The van der Waals surface area contributed by atoms with E-state index in [4.69, 9.17) is 4.74 Å². The van der Waals surface area contributed by atoms with E-state index in [1.807, 2.05) is 42.6 Å². The Balaban J connectivity index is 1.53. The summed E-state index contributed by atoms with van der Waals surface area (Å²) in [5, 5.41) is 11.6. The number of carbonyl (C=O) groups excluding carboxylic acids is 1. The van der Waals surface area contributed by atoms with E-state index in [1.54, 1.807) is 4.68 Å². The monoisotopic (exact) mass is 390 g/mol. The zero-order valence-corrected chi connectivity index (χ0v) is 16.4. The third-order valence-electron chi connectivity index (χ3n) is 5.23. The van der Waals surface area contributed by atoms with Gasteiger partial charge in [-0.3, -0.25) is 9.48 Å². The Bertz CT molecular complexity index is 911. The minimum Gasteiger partial charge on any atom is -0.373 e. The highest BCUT2D eigenvalue weighted by Crippen LogP contribution is 2.16. The fourth-order valence-corrected chi connectivity index (χ4v) is 3.70. The number of rotatable bonds is 4. The van der Waals surface area contributed by atoms with Crippen LogP contribution in [-0.2, 0) is 35.5 Å². The summed E-state index contributed by atoms with van der Waals surface area (Å²) >= 11 is 0. The Morgan fingerprint density at radius 3 is 2.41 bits per heavy atom. The normalized spacial score (nSPS) is 20.3. The highest BCUT2D eigenvalue weighted by atomic mass is 16.5. The number of nitrogens with zero attached hydrogens (tertiary/aromatic N) is 3. The van der Waals surface area contributed by atoms with Gasteiger partial charge in [0.2, 0.25) is 5.91 Å². The average molecular weight is 390 g/mol. The predicted octanol–water partition coefficient (Wildman–Crippen LogP) is 2.78. The predicted molar refractivity (Wildman–Crippen MR) is 110 cm³/mol. The molecular formula is C23H26N4O2. The van der Waals surface area contributed by atoms with E-state index >= 15 is 0 Å². The van der Waals surface area contributed by atoms with Gasteiger partial charge in [-0.2, -0.15) is 0 Å². The zero-order chi connectivity index (χ0) is 19.9. The lowest BCUT2D eigenvalue weighted by Gasteiger charge is -2.23. The summed E-state index contributed by atoms with van der Waals surface area (Å²) in [5.74, 6) is -0.0675. The van der Waals surface area contributed by atoms with Crippen molar-refractivity contribution in [2.75, 3.05) is 6.61 Å². The summed E-state index contributed by atoms with van der Waals surface area (Å²) in [6.07, 6.45) is 4.05. The molecule has 6 nitrogen and oxygen atoms in total. The van der Waals surface area contributed by atoms with Crippen molar-refractivity contribution in [1.29, 1.82) is 0 Å². The van der Waals surface area contributed by atoms with Gasteiger partial charge in [-0.1, -0.05) is 65.9 Å². The number of hydrogen-bond donors (Lipinski definition) is 1. The van der Waals surface area contributed by atoms with Gasteiger partial charge in [-0.25, -0.2) is 0 Å². The summed E-state index contributed by atoms with van der Waals surface area (Å²) in [6.45, 7) is 1.49. The molecule has 0 saturated heterocycles. The third kappa shape index (κ3) is 5.51. The van der Waals surface area contributed by atoms with E-state index in [-0.39, 0.29) is 17.9 Å². The zero-order valence-electron chi connectivity index (χ0n) is 16.4. The van der Waals surface area contributed by atoms with Gasteiger partial charge in [0.05, 0.1) is 25.5 Å². The van der Waals surface area contributed by atoms with Crippen LogP contribution in [0.1, 0.15) is 23.2 Å². The van der Waals surface area contributed by atoms with Crippen molar-refractivity contribution >= 4 is 5.91 Å². The number of carbonyl (C=O) groups is 1. The molecule has 0 radical (unpaired) electrons. The van der Waals surface area contributed by atoms with Crippen LogP contribution in [0.4, 0.5) is 0 Å². The SMILES string of the molecule is O=C1N[C@@H](Cc2ccccc2)COCc2cn(nn2)CC[C@@H]1Cc1ccccc1. The van der Waals surface area contributed by atoms with Gasteiger partial charge < -0.3 is 10.1 Å². The average Bonchev–Trinajstić information content (AvgIpc) is 3.19. The number of ether oxygens (including phenoxy) is 1. The first-order valence-electron chi connectivity index (χ1n) is 10.1. The van der Waals surface area contributed by atoms with Crippen molar-refractivity contribution in [3.8, 4) is 0 Å². The second-order valence-corrected chi connectivity index (χ2v) is 7.56. The van der Waals surface area contributed by atoms with Gasteiger partial charge in [0, 0.05) is 12.5 Å². The molecule has 150 valence electrons. The van der Waals surface area contributed by atoms with Crippen LogP contribution in [0, 0.1) is 5.92 Å². The second kappa shape index (κ2) is 9.47. The number of aryl methyl sites for hydroxylation is 1. The number of nitrogens with one attached hydrogen (secondary N) is 1. The Labute approximate surface area is 170 Å². The van der Waals surface area contributed by atoms with E-state index < -0.39 is 0 Å². The number of hydrogen-bond acceptors (Lipinski definition) is 4. The molecule has 2 bridgehead atoms. The molecule has 3 aromatic rings. The topological polar surface area (TPSA) is 69.0 Å². The highest BCUT2D eigenvalue weighted by Gasteiger charge is 2.23. The first-order chi connectivity index (χ1) is 14.3. The van der Waals surface area contributed by atoms with Crippen LogP contribution < -0.4 is 5.32 Å². The highest BCUT2D eigenvalue weighted by molar-refractivity contribution is 5.79. The Kier molecular flexibility index (Phi) is 6.32. The minimum atomic E-state index is -0.136. The van der Waals surface area contributed by atoms with E-state index in [0.29, 0.717) is 32.6 Å². The number of fused-ring (bicyclic) bond motifs is 2. The molecule has 4 rings (SSSR count). The molecule has 1 aliphatic rings. The maximum absolute atomic E-state index is 13.2. The summed E-state index contributed by atoms with van der Waals surface area (Å²) in [5.41, 5.74) is 3.16. The fourth-order valence-electron chi connectivity index (χ4n) is 3.70. The maximum Gasteiger partial charge on any atom is 0.223 e. The van der Waals surface area contributed by atoms with Crippen molar-refractivity contribution in [3.63, 3.8) is 0 Å². The summed E-state index contributed by atoms with van der Waals surface area (Å²) < 4.78 is 7.66. The van der Waals surface area contributed by atoms with E-state index in [9.17, 15) is 4.79 Å². The van der Waals surface area contributed by atoms with Gasteiger partial charge in [-0.05, 0) is 30.4 Å².